The van der Waals surface area contributed by atoms with Gasteiger partial charge in [0.25, 0.3) is 0 Å². The number of nitrogens with zero attached hydrogens (tertiary/aromatic N) is 3. The average molecular weight is 336 g/mol. The molecule has 106 valence electrons. The number of hydrogen-bond donors (Lipinski definition) is 1. The lowest BCUT2D eigenvalue weighted by atomic mass is 10.1. The summed E-state index contributed by atoms with van der Waals surface area (Å²) in [5.41, 5.74) is 0. The number of anilines is 1. The number of halogens is 1. The molecular formula is C15H18BrN3O. The molecule has 0 saturated carbocycles. The highest BCUT2D eigenvalue weighted by Crippen LogP contribution is 2.28. The van der Waals surface area contributed by atoms with Crippen LogP contribution < -0.4 is 4.90 Å². The van der Waals surface area contributed by atoms with E-state index in [1.807, 2.05) is 24.4 Å². The van der Waals surface area contributed by atoms with Crippen molar-refractivity contribution in [3.63, 3.8) is 0 Å². The number of fused-ring (bicyclic) bond motifs is 1. The number of hydrogen-bond acceptors (Lipinski definition) is 4. The van der Waals surface area contributed by atoms with Crippen molar-refractivity contribution in [3.8, 4) is 5.75 Å². The van der Waals surface area contributed by atoms with Crippen LogP contribution in [-0.4, -0.2) is 53.0 Å². The van der Waals surface area contributed by atoms with E-state index in [9.17, 15) is 5.11 Å². The fourth-order valence-electron chi connectivity index (χ4n) is 2.70. The first-order valence-electron chi connectivity index (χ1n) is 6.89. The molecule has 1 N–H and O–H groups in total. The molecule has 1 aromatic heterocycles. The van der Waals surface area contributed by atoms with Crippen LogP contribution in [0.2, 0.25) is 0 Å². The Morgan fingerprint density at radius 1 is 1.15 bits per heavy atom. The Hall–Kier alpha value is -1.33. The smallest absolute Gasteiger partial charge is 0.136 e. The molecule has 3 rings (SSSR count). The Balaban J connectivity index is 1.86. The number of phenolic OH excluding ortho intramolecular Hbond substituents is 1. The molecule has 0 amide bonds. The molecule has 1 aliphatic rings. The van der Waals surface area contributed by atoms with Crippen molar-refractivity contribution in [1.82, 2.24) is 9.88 Å². The highest BCUT2D eigenvalue weighted by molar-refractivity contribution is 9.09. The summed E-state index contributed by atoms with van der Waals surface area (Å²) >= 11 is 3.49. The summed E-state index contributed by atoms with van der Waals surface area (Å²) in [6, 6.07) is 7.46. The molecule has 1 fully saturated rings. The highest BCUT2D eigenvalue weighted by Gasteiger charge is 2.19. The number of benzene rings is 1. The van der Waals surface area contributed by atoms with Crippen molar-refractivity contribution in [1.29, 1.82) is 0 Å². The average Bonchev–Trinajstić information content (AvgIpc) is 2.48. The van der Waals surface area contributed by atoms with Gasteiger partial charge in [-0.2, -0.15) is 0 Å². The van der Waals surface area contributed by atoms with Gasteiger partial charge in [0, 0.05) is 49.6 Å². The van der Waals surface area contributed by atoms with Crippen LogP contribution in [0, 0.1) is 0 Å². The molecule has 2 heterocycles. The topological polar surface area (TPSA) is 39.6 Å². The van der Waals surface area contributed by atoms with Crippen molar-refractivity contribution in [2.45, 2.75) is 0 Å². The summed E-state index contributed by atoms with van der Waals surface area (Å²) in [5, 5.41) is 12.9. The Morgan fingerprint density at radius 3 is 2.70 bits per heavy atom. The molecule has 1 aliphatic heterocycles. The zero-order valence-corrected chi connectivity index (χ0v) is 12.9. The summed E-state index contributed by atoms with van der Waals surface area (Å²) in [4.78, 5) is 9.29. The number of phenols is 1. The van der Waals surface area contributed by atoms with Gasteiger partial charge in [-0.05, 0) is 23.6 Å². The first-order chi connectivity index (χ1) is 9.78. The summed E-state index contributed by atoms with van der Waals surface area (Å²) in [6.07, 6.45) is 1.85. The summed E-state index contributed by atoms with van der Waals surface area (Å²) < 4.78 is 0. The van der Waals surface area contributed by atoms with Gasteiger partial charge in [-0.1, -0.05) is 22.0 Å². The molecule has 0 radical (unpaired) electrons. The molecule has 0 aliphatic carbocycles. The molecular weight excluding hydrogens is 318 g/mol. The van der Waals surface area contributed by atoms with Gasteiger partial charge in [-0.3, -0.25) is 4.90 Å². The van der Waals surface area contributed by atoms with E-state index in [4.69, 9.17) is 0 Å². The summed E-state index contributed by atoms with van der Waals surface area (Å²) in [7, 11) is 0. The minimum absolute atomic E-state index is 0.296. The highest BCUT2D eigenvalue weighted by atomic mass is 79.9. The standard InChI is InChI=1S/C15H18BrN3O/c16-4-6-18-7-9-19(10-8-18)15-14-11-13(20)2-1-12(14)3-5-17-15/h1-3,5,11,20H,4,6-10H2. The normalized spacial score (nSPS) is 16.8. The maximum absolute atomic E-state index is 9.71. The summed E-state index contributed by atoms with van der Waals surface area (Å²) in [6.45, 7) is 5.17. The van der Waals surface area contributed by atoms with Gasteiger partial charge in [0.15, 0.2) is 0 Å². The third kappa shape index (κ3) is 2.74. The van der Waals surface area contributed by atoms with E-state index in [2.05, 4.69) is 30.7 Å². The van der Waals surface area contributed by atoms with E-state index < -0.39 is 0 Å². The van der Waals surface area contributed by atoms with Gasteiger partial charge in [0.2, 0.25) is 0 Å². The van der Waals surface area contributed by atoms with E-state index in [0.717, 1.165) is 54.6 Å². The van der Waals surface area contributed by atoms with Crippen molar-refractivity contribution >= 4 is 32.5 Å². The minimum atomic E-state index is 0.296. The quantitative estimate of drug-likeness (QED) is 0.874. The van der Waals surface area contributed by atoms with Crippen molar-refractivity contribution in [2.24, 2.45) is 0 Å². The van der Waals surface area contributed by atoms with Crippen LogP contribution in [0.15, 0.2) is 30.5 Å². The van der Waals surface area contributed by atoms with Crippen LogP contribution in [0.3, 0.4) is 0 Å². The number of pyridine rings is 1. The molecule has 0 bridgehead atoms. The lowest BCUT2D eigenvalue weighted by Crippen LogP contribution is -2.47. The van der Waals surface area contributed by atoms with Crippen LogP contribution in [-0.2, 0) is 0 Å². The molecule has 0 unspecified atom stereocenters. The Kier molecular flexibility index (Phi) is 4.08. The van der Waals surface area contributed by atoms with Crippen LogP contribution in [0.4, 0.5) is 5.82 Å². The first-order valence-corrected chi connectivity index (χ1v) is 8.01. The van der Waals surface area contributed by atoms with Crippen molar-refractivity contribution in [3.05, 3.63) is 30.5 Å². The molecule has 1 saturated heterocycles. The lowest BCUT2D eigenvalue weighted by molar-refractivity contribution is 0.273. The Labute approximate surface area is 127 Å². The van der Waals surface area contributed by atoms with Gasteiger partial charge in [0.1, 0.15) is 11.6 Å². The minimum Gasteiger partial charge on any atom is -0.508 e. The predicted octanol–water partition coefficient (Wildman–Crippen LogP) is 2.46. The summed E-state index contributed by atoms with van der Waals surface area (Å²) in [5.74, 6) is 1.28. The molecule has 20 heavy (non-hydrogen) atoms. The molecule has 5 heteroatoms. The zero-order chi connectivity index (χ0) is 13.9. The van der Waals surface area contributed by atoms with Gasteiger partial charge in [0.05, 0.1) is 0 Å². The second-order valence-electron chi connectivity index (χ2n) is 5.06. The predicted molar refractivity (Wildman–Crippen MR) is 85.9 cm³/mol. The van der Waals surface area contributed by atoms with Gasteiger partial charge in [-0.15, -0.1) is 0 Å². The fourth-order valence-corrected chi connectivity index (χ4v) is 3.20. The number of rotatable bonds is 3. The maximum Gasteiger partial charge on any atom is 0.136 e. The van der Waals surface area contributed by atoms with E-state index >= 15 is 0 Å². The van der Waals surface area contributed by atoms with Gasteiger partial charge < -0.3 is 10.0 Å². The molecule has 4 nitrogen and oxygen atoms in total. The third-order valence-corrected chi connectivity index (χ3v) is 4.16. The second-order valence-corrected chi connectivity index (χ2v) is 5.85. The van der Waals surface area contributed by atoms with Crippen LogP contribution >= 0.6 is 15.9 Å². The zero-order valence-electron chi connectivity index (χ0n) is 11.3. The van der Waals surface area contributed by atoms with Crippen LogP contribution in [0.1, 0.15) is 0 Å². The monoisotopic (exact) mass is 335 g/mol. The molecule has 1 aromatic carbocycles. The molecule has 0 atom stereocenters. The van der Waals surface area contributed by atoms with Crippen molar-refractivity contribution in [2.75, 3.05) is 43.0 Å². The largest absolute Gasteiger partial charge is 0.508 e. The van der Waals surface area contributed by atoms with Crippen LogP contribution in [0.5, 0.6) is 5.75 Å². The van der Waals surface area contributed by atoms with E-state index in [1.165, 1.54) is 0 Å². The molecule has 0 spiro atoms. The lowest BCUT2D eigenvalue weighted by Gasteiger charge is -2.35. The van der Waals surface area contributed by atoms with Crippen molar-refractivity contribution < 1.29 is 5.11 Å². The fraction of sp³-hybridized carbons (Fsp3) is 0.400. The first kappa shape index (κ1) is 13.6. The van der Waals surface area contributed by atoms with E-state index in [0.29, 0.717) is 5.75 Å². The van der Waals surface area contributed by atoms with Gasteiger partial charge in [-0.25, -0.2) is 4.98 Å². The van der Waals surface area contributed by atoms with Gasteiger partial charge >= 0.3 is 0 Å². The maximum atomic E-state index is 9.71. The number of aromatic nitrogens is 1. The van der Waals surface area contributed by atoms with Crippen LogP contribution in [0.25, 0.3) is 10.8 Å². The number of piperazine rings is 1. The third-order valence-electron chi connectivity index (χ3n) is 3.80. The Morgan fingerprint density at radius 2 is 1.95 bits per heavy atom. The molecule has 2 aromatic rings. The van der Waals surface area contributed by atoms with E-state index in [1.54, 1.807) is 6.07 Å². The Bertz CT molecular complexity index is 597. The van der Waals surface area contributed by atoms with E-state index in [-0.39, 0.29) is 0 Å². The number of alkyl halides is 1. The SMILES string of the molecule is Oc1ccc2ccnc(N3CCN(CCBr)CC3)c2c1. The number of aromatic hydroxyl groups is 1. The second kappa shape index (κ2) is 5.97.